The highest BCUT2D eigenvalue weighted by Crippen LogP contribution is 2.18. The predicted octanol–water partition coefficient (Wildman–Crippen LogP) is 3.24. The first-order chi connectivity index (χ1) is 13.4. The standard InChI is InChI=1S/C6H6ClNO2S.C6H5Cl.C6H8N2O2S/c7-5-3-1-2-4-6(5)11(8,9)10;7-6-4-2-1-3-5-6;7-5-1-3-6(4-2-5)11(8,9)10/h1-4H,(H2,8,9,10);1-5H;1-4H,7H2,(H2,8,9,10). The number of halogens is 2. The highest BCUT2D eigenvalue weighted by Gasteiger charge is 2.10. The summed E-state index contributed by atoms with van der Waals surface area (Å²) in [5, 5.41) is 10.6. The fourth-order valence-corrected chi connectivity index (χ4v) is 3.48. The van der Waals surface area contributed by atoms with Crippen LogP contribution in [0.2, 0.25) is 10.0 Å². The van der Waals surface area contributed by atoms with Crippen LogP contribution in [0.1, 0.15) is 0 Å². The molecule has 0 aliphatic carbocycles. The largest absolute Gasteiger partial charge is 0.399 e. The number of nitrogen functional groups attached to an aromatic ring is 1. The zero-order valence-corrected chi connectivity index (χ0v) is 18.1. The SMILES string of the molecule is Clc1ccccc1.NS(=O)(=O)c1ccccc1Cl.Nc1ccc(S(N)(=O)=O)cc1. The van der Waals surface area contributed by atoms with Gasteiger partial charge in [0, 0.05) is 10.7 Å². The molecule has 0 bridgehead atoms. The molecule has 0 amide bonds. The highest BCUT2D eigenvalue weighted by molar-refractivity contribution is 7.89. The molecule has 156 valence electrons. The normalized spacial score (nSPS) is 10.8. The second kappa shape index (κ2) is 11.1. The molecule has 3 rings (SSSR count). The Bertz CT molecular complexity index is 1120. The number of benzene rings is 3. The van der Waals surface area contributed by atoms with E-state index in [0.717, 1.165) is 5.02 Å². The van der Waals surface area contributed by atoms with E-state index in [4.69, 9.17) is 39.2 Å². The van der Waals surface area contributed by atoms with Gasteiger partial charge < -0.3 is 5.73 Å². The molecular formula is C18H19Cl2N3O4S2. The summed E-state index contributed by atoms with van der Waals surface area (Å²) < 4.78 is 42.9. The molecule has 0 atom stereocenters. The summed E-state index contributed by atoms with van der Waals surface area (Å²) in [7, 11) is -7.24. The van der Waals surface area contributed by atoms with E-state index in [1.165, 1.54) is 36.4 Å². The molecule has 7 nitrogen and oxygen atoms in total. The molecule has 0 saturated carbocycles. The number of rotatable bonds is 2. The molecule has 0 saturated heterocycles. The van der Waals surface area contributed by atoms with Gasteiger partial charge in [-0.05, 0) is 48.5 Å². The Morgan fingerprint density at radius 2 is 1.10 bits per heavy atom. The second-order valence-corrected chi connectivity index (χ2v) is 9.32. The summed E-state index contributed by atoms with van der Waals surface area (Å²) in [6, 6.07) is 21.2. The van der Waals surface area contributed by atoms with Crippen molar-refractivity contribution in [1.82, 2.24) is 0 Å². The van der Waals surface area contributed by atoms with Gasteiger partial charge in [0.05, 0.1) is 9.92 Å². The summed E-state index contributed by atoms with van der Waals surface area (Å²) in [6.07, 6.45) is 0. The van der Waals surface area contributed by atoms with Gasteiger partial charge in [-0.1, -0.05) is 53.5 Å². The average Bonchev–Trinajstić information content (AvgIpc) is 2.62. The summed E-state index contributed by atoms with van der Waals surface area (Å²) in [5.41, 5.74) is 5.85. The summed E-state index contributed by atoms with van der Waals surface area (Å²) in [4.78, 5) is 0.0355. The highest BCUT2D eigenvalue weighted by atomic mass is 35.5. The summed E-state index contributed by atoms with van der Waals surface area (Å²) in [6.45, 7) is 0. The number of hydrogen-bond donors (Lipinski definition) is 3. The van der Waals surface area contributed by atoms with Gasteiger partial charge in [0.2, 0.25) is 20.0 Å². The topological polar surface area (TPSA) is 146 Å². The van der Waals surface area contributed by atoms with E-state index >= 15 is 0 Å². The first-order valence-electron chi connectivity index (χ1n) is 7.77. The molecule has 0 aliphatic heterocycles. The molecule has 6 N–H and O–H groups in total. The number of anilines is 1. The van der Waals surface area contributed by atoms with Crippen molar-refractivity contribution in [1.29, 1.82) is 0 Å². The van der Waals surface area contributed by atoms with E-state index in [1.54, 1.807) is 12.1 Å². The van der Waals surface area contributed by atoms with Gasteiger partial charge in [-0.25, -0.2) is 27.1 Å². The second-order valence-electron chi connectivity index (χ2n) is 5.39. The van der Waals surface area contributed by atoms with Gasteiger partial charge in [-0.3, -0.25) is 0 Å². The van der Waals surface area contributed by atoms with Crippen LogP contribution >= 0.6 is 23.2 Å². The predicted molar refractivity (Wildman–Crippen MR) is 117 cm³/mol. The minimum atomic E-state index is -3.67. The lowest BCUT2D eigenvalue weighted by Gasteiger charge is -1.98. The maximum atomic E-state index is 10.7. The van der Waals surface area contributed by atoms with Gasteiger partial charge in [0.1, 0.15) is 4.90 Å². The molecule has 0 aliphatic rings. The molecule has 3 aromatic rings. The smallest absolute Gasteiger partial charge is 0.239 e. The van der Waals surface area contributed by atoms with Gasteiger partial charge in [0.15, 0.2) is 0 Å². The van der Waals surface area contributed by atoms with E-state index in [-0.39, 0.29) is 14.8 Å². The average molecular weight is 476 g/mol. The van der Waals surface area contributed by atoms with E-state index in [1.807, 2.05) is 30.3 Å². The Morgan fingerprint density at radius 3 is 1.45 bits per heavy atom. The van der Waals surface area contributed by atoms with Crippen molar-refractivity contribution in [2.75, 3.05) is 5.73 Å². The first-order valence-corrected chi connectivity index (χ1v) is 11.6. The van der Waals surface area contributed by atoms with Gasteiger partial charge in [0.25, 0.3) is 0 Å². The van der Waals surface area contributed by atoms with Crippen LogP contribution in [0.3, 0.4) is 0 Å². The summed E-state index contributed by atoms with van der Waals surface area (Å²) >= 11 is 11.1. The van der Waals surface area contributed by atoms with E-state index in [0.29, 0.717) is 5.69 Å². The monoisotopic (exact) mass is 475 g/mol. The van der Waals surface area contributed by atoms with Gasteiger partial charge >= 0.3 is 0 Å². The van der Waals surface area contributed by atoms with Crippen LogP contribution in [0.4, 0.5) is 5.69 Å². The quantitative estimate of drug-likeness (QED) is 0.486. The summed E-state index contributed by atoms with van der Waals surface area (Å²) in [5.74, 6) is 0. The molecule has 3 aromatic carbocycles. The third-order valence-electron chi connectivity index (χ3n) is 3.08. The van der Waals surface area contributed by atoms with Crippen molar-refractivity contribution >= 4 is 48.9 Å². The van der Waals surface area contributed by atoms with E-state index in [2.05, 4.69) is 0 Å². The molecule has 0 fully saturated rings. The zero-order valence-electron chi connectivity index (χ0n) is 14.9. The minimum absolute atomic E-state index is 0.0401. The number of primary sulfonamides is 2. The maximum absolute atomic E-state index is 10.7. The van der Waals surface area contributed by atoms with Crippen LogP contribution in [-0.2, 0) is 20.0 Å². The Labute approximate surface area is 180 Å². The molecule has 0 radical (unpaired) electrons. The van der Waals surface area contributed by atoms with Crippen molar-refractivity contribution in [3.63, 3.8) is 0 Å². The third kappa shape index (κ3) is 9.75. The third-order valence-corrected chi connectivity index (χ3v) is 5.68. The fourth-order valence-electron chi connectivity index (χ4n) is 1.75. The minimum Gasteiger partial charge on any atom is -0.399 e. The lowest BCUT2D eigenvalue weighted by atomic mass is 10.3. The number of sulfonamides is 2. The van der Waals surface area contributed by atoms with Gasteiger partial charge in [-0.15, -0.1) is 0 Å². The Morgan fingerprint density at radius 1 is 0.621 bits per heavy atom. The molecule has 0 aromatic heterocycles. The van der Waals surface area contributed by atoms with Crippen molar-refractivity contribution in [2.24, 2.45) is 10.3 Å². The first kappa shape index (κ1) is 24.9. The van der Waals surface area contributed by atoms with Crippen molar-refractivity contribution in [3.8, 4) is 0 Å². The van der Waals surface area contributed by atoms with Gasteiger partial charge in [-0.2, -0.15) is 0 Å². The lowest BCUT2D eigenvalue weighted by Crippen LogP contribution is -2.12. The van der Waals surface area contributed by atoms with Crippen LogP contribution in [0.5, 0.6) is 0 Å². The molecule has 11 heteroatoms. The Hall–Kier alpha value is -2.14. The molecular weight excluding hydrogens is 457 g/mol. The zero-order chi connectivity index (χ0) is 22.1. The van der Waals surface area contributed by atoms with Crippen LogP contribution < -0.4 is 16.0 Å². The van der Waals surface area contributed by atoms with Crippen molar-refractivity contribution in [2.45, 2.75) is 9.79 Å². The van der Waals surface area contributed by atoms with E-state index < -0.39 is 20.0 Å². The van der Waals surface area contributed by atoms with Crippen molar-refractivity contribution in [3.05, 3.63) is 88.9 Å². The van der Waals surface area contributed by atoms with Crippen LogP contribution in [0.25, 0.3) is 0 Å². The number of nitrogens with two attached hydrogens (primary N) is 3. The van der Waals surface area contributed by atoms with Crippen LogP contribution in [-0.4, -0.2) is 16.8 Å². The number of hydrogen-bond acceptors (Lipinski definition) is 5. The molecule has 0 unspecified atom stereocenters. The Balaban J connectivity index is 0.000000223. The van der Waals surface area contributed by atoms with Crippen LogP contribution in [0.15, 0.2) is 88.7 Å². The van der Waals surface area contributed by atoms with E-state index in [9.17, 15) is 16.8 Å². The lowest BCUT2D eigenvalue weighted by molar-refractivity contribution is 0.596. The molecule has 0 heterocycles. The van der Waals surface area contributed by atoms with Crippen LogP contribution in [0, 0.1) is 0 Å². The van der Waals surface area contributed by atoms with Crippen molar-refractivity contribution < 1.29 is 16.8 Å². The maximum Gasteiger partial charge on any atom is 0.239 e. The Kier molecular flexibility index (Phi) is 9.57. The molecule has 29 heavy (non-hydrogen) atoms. The molecule has 0 spiro atoms. The fraction of sp³-hybridized carbons (Fsp3) is 0.